The summed E-state index contributed by atoms with van der Waals surface area (Å²) in [5, 5.41) is 10.5. The summed E-state index contributed by atoms with van der Waals surface area (Å²) in [6.07, 6.45) is 0. The van der Waals surface area contributed by atoms with Gasteiger partial charge in [0.2, 0.25) is 0 Å². The van der Waals surface area contributed by atoms with Gasteiger partial charge in [-0.25, -0.2) is 0 Å². The van der Waals surface area contributed by atoms with Crippen molar-refractivity contribution in [3.8, 4) is 27.9 Å². The summed E-state index contributed by atoms with van der Waals surface area (Å²) < 4.78 is 2.43. The number of hydrogen-bond donors (Lipinski definition) is 0. The quantitative estimate of drug-likeness (QED) is 0.160. The van der Waals surface area contributed by atoms with E-state index >= 15 is 0 Å². The lowest BCUT2D eigenvalue weighted by Crippen LogP contribution is -2.16. The molecule has 10 aromatic carbocycles. The van der Waals surface area contributed by atoms with Crippen LogP contribution in [-0.4, -0.2) is 4.57 Å². The average Bonchev–Trinajstić information content (AvgIpc) is 3.71. The van der Waals surface area contributed by atoms with Crippen LogP contribution in [0, 0.1) is 0 Å². The molecule has 2 nitrogen and oxygen atoms in total. The Morgan fingerprint density at radius 1 is 0.386 bits per heavy atom. The zero-order valence-corrected chi connectivity index (χ0v) is 31.9. The maximum Gasteiger partial charge on any atom is 0.0553 e. The number of fused-ring (bicyclic) bond motifs is 7. The van der Waals surface area contributed by atoms with Gasteiger partial charge in [-0.2, -0.15) is 0 Å². The second-order valence-electron chi connectivity index (χ2n) is 16.1. The predicted molar refractivity (Wildman–Crippen MR) is 242 cm³/mol. The predicted octanol–water partition coefficient (Wildman–Crippen LogP) is 15.1. The summed E-state index contributed by atoms with van der Waals surface area (Å²) in [6, 6.07) is 71.7. The van der Waals surface area contributed by atoms with E-state index in [4.69, 9.17) is 0 Å². The van der Waals surface area contributed by atoms with Crippen molar-refractivity contribution in [2.75, 3.05) is 4.90 Å². The fourth-order valence-electron chi connectivity index (χ4n) is 10.1. The summed E-state index contributed by atoms with van der Waals surface area (Å²) in [6.45, 7) is 4.78. The molecule has 0 saturated carbocycles. The average molecular weight is 727 g/mol. The topological polar surface area (TPSA) is 8.17 Å². The van der Waals surface area contributed by atoms with E-state index in [0.29, 0.717) is 0 Å². The highest BCUT2D eigenvalue weighted by molar-refractivity contribution is 6.34. The Morgan fingerprint density at radius 2 is 0.965 bits per heavy atom. The third-order valence-corrected chi connectivity index (χ3v) is 12.7. The highest BCUT2D eigenvalue weighted by Gasteiger charge is 2.36. The first-order valence-corrected chi connectivity index (χ1v) is 19.9. The zero-order chi connectivity index (χ0) is 37.8. The number of benzene rings is 10. The normalized spacial score (nSPS) is 13.2. The number of rotatable bonds is 5. The molecule has 1 heterocycles. The van der Waals surface area contributed by atoms with E-state index in [-0.39, 0.29) is 5.41 Å². The fourth-order valence-corrected chi connectivity index (χ4v) is 10.1. The van der Waals surface area contributed by atoms with Crippen LogP contribution >= 0.6 is 0 Å². The summed E-state index contributed by atoms with van der Waals surface area (Å²) in [4.78, 5) is 2.36. The van der Waals surface area contributed by atoms with E-state index in [1.165, 1.54) is 98.9 Å². The minimum atomic E-state index is -0.182. The van der Waals surface area contributed by atoms with Crippen molar-refractivity contribution >= 4 is 71.2 Å². The molecule has 2 heteroatoms. The standard InChI is InChI=1S/C55H38N2/c1-55(2)48-32-36(25-28-43(48)44-29-26-41(34-49(44)55)56(38-14-6-3-7-15-38)39-16-8-4-9-17-39)42-27-24-35-22-23-37-33-51-54(47-31-30-45(42)52(35)53(37)47)46-20-12-13-21-50(46)57(51)40-18-10-5-11-19-40/h3-34H,1-2H3. The molecule has 57 heavy (non-hydrogen) atoms. The van der Waals surface area contributed by atoms with E-state index in [9.17, 15) is 0 Å². The maximum atomic E-state index is 2.47. The lowest BCUT2D eigenvalue weighted by Gasteiger charge is -2.28. The van der Waals surface area contributed by atoms with Gasteiger partial charge in [0, 0.05) is 38.9 Å². The molecule has 0 spiro atoms. The third kappa shape index (κ3) is 4.59. The fraction of sp³-hybridized carbons (Fsp3) is 0.0545. The smallest absolute Gasteiger partial charge is 0.0553 e. The maximum absolute atomic E-state index is 2.47. The Morgan fingerprint density at radius 3 is 1.72 bits per heavy atom. The van der Waals surface area contributed by atoms with E-state index in [2.05, 4.69) is 217 Å². The number of para-hydroxylation sites is 4. The van der Waals surface area contributed by atoms with Crippen LogP contribution < -0.4 is 4.90 Å². The molecule has 1 aliphatic carbocycles. The van der Waals surface area contributed by atoms with Crippen molar-refractivity contribution < 1.29 is 0 Å². The number of nitrogens with zero attached hydrogens (tertiary/aromatic N) is 2. The van der Waals surface area contributed by atoms with Crippen LogP contribution in [0.15, 0.2) is 194 Å². The van der Waals surface area contributed by atoms with Crippen LogP contribution in [0.3, 0.4) is 0 Å². The molecule has 268 valence electrons. The minimum Gasteiger partial charge on any atom is -0.310 e. The first kappa shape index (κ1) is 32.1. The van der Waals surface area contributed by atoms with E-state index < -0.39 is 0 Å². The van der Waals surface area contributed by atoms with Gasteiger partial charge in [0.05, 0.1) is 11.0 Å². The highest BCUT2D eigenvalue weighted by Crippen LogP contribution is 2.52. The van der Waals surface area contributed by atoms with Crippen molar-refractivity contribution in [1.82, 2.24) is 4.57 Å². The molecule has 1 aromatic heterocycles. The van der Waals surface area contributed by atoms with Crippen molar-refractivity contribution in [2.24, 2.45) is 0 Å². The summed E-state index contributed by atoms with van der Waals surface area (Å²) in [5.74, 6) is 0. The van der Waals surface area contributed by atoms with Crippen molar-refractivity contribution in [2.45, 2.75) is 19.3 Å². The lowest BCUT2D eigenvalue weighted by molar-refractivity contribution is 0.660. The zero-order valence-electron chi connectivity index (χ0n) is 31.9. The van der Waals surface area contributed by atoms with Gasteiger partial charge in [-0.05, 0) is 132 Å². The number of anilines is 3. The third-order valence-electron chi connectivity index (χ3n) is 12.7. The largest absolute Gasteiger partial charge is 0.310 e. The molecule has 0 aliphatic heterocycles. The molecule has 0 unspecified atom stereocenters. The van der Waals surface area contributed by atoms with Crippen LogP contribution in [0.4, 0.5) is 17.1 Å². The van der Waals surface area contributed by atoms with Gasteiger partial charge >= 0.3 is 0 Å². The molecule has 0 radical (unpaired) electrons. The molecular formula is C55H38N2. The highest BCUT2D eigenvalue weighted by atomic mass is 15.1. The first-order chi connectivity index (χ1) is 28.0. The molecule has 0 atom stereocenters. The van der Waals surface area contributed by atoms with E-state index in [1.54, 1.807) is 0 Å². The summed E-state index contributed by atoms with van der Waals surface area (Å²) in [5.41, 5.74) is 14.9. The van der Waals surface area contributed by atoms with Crippen molar-refractivity contribution in [3.05, 3.63) is 205 Å². The van der Waals surface area contributed by atoms with Crippen LogP contribution in [-0.2, 0) is 5.41 Å². The Balaban J connectivity index is 1.02. The number of hydrogen-bond acceptors (Lipinski definition) is 1. The Labute approximate surface area is 331 Å². The minimum absolute atomic E-state index is 0.182. The Kier molecular flexibility index (Phi) is 6.72. The molecule has 0 saturated heterocycles. The molecule has 0 amide bonds. The molecule has 0 bridgehead atoms. The van der Waals surface area contributed by atoms with Crippen LogP contribution in [0.5, 0.6) is 0 Å². The second-order valence-corrected chi connectivity index (χ2v) is 16.1. The van der Waals surface area contributed by atoms with Gasteiger partial charge in [-0.1, -0.05) is 141 Å². The van der Waals surface area contributed by atoms with Crippen LogP contribution in [0.1, 0.15) is 25.0 Å². The SMILES string of the molecule is CC1(C)c2cc(-c3ccc4ccc5cc6c(c7ccc3c4c57)c3ccccc3n6-c3ccccc3)ccc2-c2ccc(N(c3ccccc3)c3ccccc3)cc21. The summed E-state index contributed by atoms with van der Waals surface area (Å²) >= 11 is 0. The lowest BCUT2D eigenvalue weighted by atomic mass is 9.81. The number of aromatic nitrogens is 1. The van der Waals surface area contributed by atoms with Gasteiger partial charge in [-0.3, -0.25) is 0 Å². The van der Waals surface area contributed by atoms with Gasteiger partial charge in [0.15, 0.2) is 0 Å². The summed E-state index contributed by atoms with van der Waals surface area (Å²) in [7, 11) is 0. The van der Waals surface area contributed by atoms with Gasteiger partial charge in [-0.15, -0.1) is 0 Å². The van der Waals surface area contributed by atoms with Crippen molar-refractivity contribution in [1.29, 1.82) is 0 Å². The molecular weight excluding hydrogens is 689 g/mol. The van der Waals surface area contributed by atoms with E-state index in [0.717, 1.165) is 11.4 Å². The van der Waals surface area contributed by atoms with E-state index in [1.807, 2.05) is 0 Å². The molecule has 0 N–H and O–H groups in total. The monoisotopic (exact) mass is 726 g/mol. The second kappa shape index (κ2) is 11.9. The molecule has 11 aromatic rings. The Bertz CT molecular complexity index is 3320. The molecule has 12 rings (SSSR count). The van der Waals surface area contributed by atoms with Gasteiger partial charge in [0.25, 0.3) is 0 Å². The Hall–Kier alpha value is -7.16. The molecule has 0 fully saturated rings. The first-order valence-electron chi connectivity index (χ1n) is 19.9. The molecule has 1 aliphatic rings. The van der Waals surface area contributed by atoms with Crippen molar-refractivity contribution in [3.63, 3.8) is 0 Å². The van der Waals surface area contributed by atoms with Gasteiger partial charge in [0.1, 0.15) is 0 Å². The van der Waals surface area contributed by atoms with Crippen LogP contribution in [0.2, 0.25) is 0 Å². The van der Waals surface area contributed by atoms with Gasteiger partial charge < -0.3 is 9.47 Å². The van der Waals surface area contributed by atoms with Crippen LogP contribution in [0.25, 0.3) is 82.1 Å².